The van der Waals surface area contributed by atoms with Gasteiger partial charge in [-0.25, -0.2) is 4.98 Å². The first-order valence-corrected chi connectivity index (χ1v) is 10.1. The molecule has 0 fully saturated rings. The summed E-state index contributed by atoms with van der Waals surface area (Å²) in [5, 5.41) is 1.93. The molecule has 27 heavy (non-hydrogen) atoms. The van der Waals surface area contributed by atoms with Crippen molar-refractivity contribution in [2.75, 3.05) is 24.3 Å². The van der Waals surface area contributed by atoms with Crippen LogP contribution in [0.1, 0.15) is 17.5 Å². The number of nitrogens with zero attached hydrogens (tertiary/aromatic N) is 2. The average molecular weight is 378 g/mol. The summed E-state index contributed by atoms with van der Waals surface area (Å²) in [7, 11) is 1.66. The highest BCUT2D eigenvalue weighted by molar-refractivity contribution is 7.99. The highest BCUT2D eigenvalue weighted by atomic mass is 32.2. The van der Waals surface area contributed by atoms with Crippen LogP contribution in [-0.4, -0.2) is 30.3 Å². The molecule has 0 unspecified atom stereocenters. The Morgan fingerprint density at radius 2 is 2.07 bits per heavy atom. The molecule has 2 heterocycles. The van der Waals surface area contributed by atoms with E-state index in [1.807, 2.05) is 47.4 Å². The number of hydrogen-bond acceptors (Lipinski definition) is 4. The topological polar surface area (TPSA) is 42.4 Å². The highest BCUT2D eigenvalue weighted by Crippen LogP contribution is 2.31. The summed E-state index contributed by atoms with van der Waals surface area (Å²) in [6.45, 7) is 2.85. The van der Waals surface area contributed by atoms with Crippen molar-refractivity contribution < 1.29 is 9.53 Å². The van der Waals surface area contributed by atoms with Crippen molar-refractivity contribution in [3.05, 3.63) is 59.7 Å². The molecule has 0 spiro atoms. The number of hydrogen-bond donors (Lipinski definition) is 0. The molecule has 5 heteroatoms. The third-order valence-corrected chi connectivity index (χ3v) is 5.86. The monoisotopic (exact) mass is 378 g/mol. The molecule has 0 bridgehead atoms. The number of carbonyl (C=O) groups excluding carboxylic acids is 1. The fourth-order valence-electron chi connectivity index (χ4n) is 3.61. The summed E-state index contributed by atoms with van der Waals surface area (Å²) in [5.41, 5.74) is 4.29. The molecule has 2 aromatic carbocycles. The fourth-order valence-corrected chi connectivity index (χ4v) is 4.45. The molecule has 1 aromatic heterocycles. The number of anilines is 1. The average Bonchev–Trinajstić information content (AvgIpc) is 2.71. The van der Waals surface area contributed by atoms with Crippen LogP contribution < -0.4 is 9.64 Å². The second kappa shape index (κ2) is 7.61. The minimum Gasteiger partial charge on any atom is -0.494 e. The lowest BCUT2D eigenvalue weighted by Crippen LogP contribution is -2.36. The molecule has 0 atom stereocenters. The SMILES string of the molecule is COc1cccc2c(C)cc(SCC(=O)N3CCCc4ccccc43)nc12. The van der Waals surface area contributed by atoms with E-state index in [1.54, 1.807) is 7.11 Å². The van der Waals surface area contributed by atoms with Crippen molar-refractivity contribution in [3.63, 3.8) is 0 Å². The Kier molecular flexibility index (Phi) is 5.03. The van der Waals surface area contributed by atoms with Gasteiger partial charge in [-0.3, -0.25) is 4.79 Å². The number of aromatic nitrogens is 1. The van der Waals surface area contributed by atoms with E-state index in [9.17, 15) is 4.79 Å². The first-order chi connectivity index (χ1) is 13.2. The third kappa shape index (κ3) is 3.52. The van der Waals surface area contributed by atoms with Gasteiger partial charge in [-0.1, -0.05) is 42.1 Å². The molecule has 4 rings (SSSR count). The maximum atomic E-state index is 12.9. The van der Waals surface area contributed by atoms with Crippen LogP contribution in [-0.2, 0) is 11.2 Å². The molecule has 1 aliphatic rings. The van der Waals surface area contributed by atoms with E-state index < -0.39 is 0 Å². The van der Waals surface area contributed by atoms with Gasteiger partial charge in [-0.05, 0) is 49.1 Å². The predicted molar refractivity (Wildman–Crippen MR) is 111 cm³/mol. The van der Waals surface area contributed by atoms with Gasteiger partial charge in [0.05, 0.1) is 17.9 Å². The lowest BCUT2D eigenvalue weighted by Gasteiger charge is -2.29. The van der Waals surface area contributed by atoms with E-state index in [2.05, 4.69) is 13.0 Å². The molecule has 0 N–H and O–H groups in total. The summed E-state index contributed by atoms with van der Waals surface area (Å²) >= 11 is 1.49. The molecule has 138 valence electrons. The van der Waals surface area contributed by atoms with Crippen LogP contribution in [0.3, 0.4) is 0 Å². The summed E-state index contributed by atoms with van der Waals surface area (Å²) in [6.07, 6.45) is 2.05. The van der Waals surface area contributed by atoms with Crippen molar-refractivity contribution >= 4 is 34.3 Å². The Bertz CT molecular complexity index is 1000. The van der Waals surface area contributed by atoms with Crippen LogP contribution in [0, 0.1) is 6.92 Å². The lowest BCUT2D eigenvalue weighted by atomic mass is 10.0. The smallest absolute Gasteiger partial charge is 0.237 e. The zero-order chi connectivity index (χ0) is 18.8. The second-order valence-electron chi connectivity index (χ2n) is 6.70. The van der Waals surface area contributed by atoms with Crippen LogP contribution in [0.5, 0.6) is 5.75 Å². The fraction of sp³-hybridized carbons (Fsp3) is 0.273. The largest absolute Gasteiger partial charge is 0.494 e. The van der Waals surface area contributed by atoms with Gasteiger partial charge in [0.15, 0.2) is 0 Å². The number of amides is 1. The number of para-hydroxylation sites is 2. The lowest BCUT2D eigenvalue weighted by molar-refractivity contribution is -0.116. The Balaban J connectivity index is 1.55. The predicted octanol–water partition coefficient (Wildman–Crippen LogP) is 4.62. The van der Waals surface area contributed by atoms with E-state index in [-0.39, 0.29) is 5.91 Å². The molecule has 1 aliphatic heterocycles. The minimum atomic E-state index is 0.131. The van der Waals surface area contributed by atoms with Crippen molar-refractivity contribution in [1.29, 1.82) is 0 Å². The zero-order valence-electron chi connectivity index (χ0n) is 15.6. The van der Waals surface area contributed by atoms with Crippen LogP contribution in [0.2, 0.25) is 0 Å². The standard InChI is InChI=1S/C22H22N2O2S/c1-15-13-20(23-22-17(15)9-5-11-19(22)26-2)27-14-21(25)24-12-6-8-16-7-3-4-10-18(16)24/h3-5,7,9-11,13H,6,8,12,14H2,1-2H3. The zero-order valence-corrected chi connectivity index (χ0v) is 16.4. The maximum absolute atomic E-state index is 12.9. The quantitative estimate of drug-likeness (QED) is 0.621. The number of ether oxygens (including phenoxy) is 1. The third-order valence-electron chi connectivity index (χ3n) is 4.96. The maximum Gasteiger partial charge on any atom is 0.237 e. The molecular weight excluding hydrogens is 356 g/mol. The van der Waals surface area contributed by atoms with E-state index in [1.165, 1.54) is 17.3 Å². The van der Waals surface area contributed by atoms with E-state index >= 15 is 0 Å². The van der Waals surface area contributed by atoms with E-state index in [4.69, 9.17) is 9.72 Å². The highest BCUT2D eigenvalue weighted by Gasteiger charge is 2.22. The Morgan fingerprint density at radius 1 is 1.22 bits per heavy atom. The Hall–Kier alpha value is -2.53. The van der Waals surface area contributed by atoms with Crippen molar-refractivity contribution in [2.24, 2.45) is 0 Å². The summed E-state index contributed by atoms with van der Waals surface area (Å²) in [4.78, 5) is 19.5. The van der Waals surface area contributed by atoms with Crippen molar-refractivity contribution in [1.82, 2.24) is 4.98 Å². The van der Waals surface area contributed by atoms with Gasteiger partial charge in [0.2, 0.25) is 5.91 Å². The van der Waals surface area contributed by atoms with Gasteiger partial charge < -0.3 is 9.64 Å². The van der Waals surface area contributed by atoms with Gasteiger partial charge in [0, 0.05) is 17.6 Å². The van der Waals surface area contributed by atoms with Crippen LogP contribution in [0.4, 0.5) is 5.69 Å². The van der Waals surface area contributed by atoms with E-state index in [0.717, 1.165) is 52.3 Å². The molecule has 0 radical (unpaired) electrons. The summed E-state index contributed by atoms with van der Waals surface area (Å²) in [5.74, 6) is 1.27. The molecule has 1 amide bonds. The van der Waals surface area contributed by atoms with Gasteiger partial charge in [-0.2, -0.15) is 0 Å². The van der Waals surface area contributed by atoms with Gasteiger partial charge in [0.25, 0.3) is 0 Å². The van der Waals surface area contributed by atoms with E-state index in [0.29, 0.717) is 5.75 Å². The molecule has 4 nitrogen and oxygen atoms in total. The molecule has 0 aliphatic carbocycles. The normalized spacial score (nSPS) is 13.5. The number of methoxy groups -OCH3 is 1. The van der Waals surface area contributed by atoms with Gasteiger partial charge in [0.1, 0.15) is 11.3 Å². The summed E-state index contributed by atoms with van der Waals surface area (Å²) in [6, 6.07) is 16.2. The summed E-state index contributed by atoms with van der Waals surface area (Å²) < 4.78 is 5.45. The molecular formula is C22H22N2O2S. The first kappa shape index (κ1) is 17.9. The number of aryl methyl sites for hydroxylation is 2. The Labute approximate surface area is 163 Å². The number of benzene rings is 2. The minimum absolute atomic E-state index is 0.131. The number of carbonyl (C=O) groups is 1. The van der Waals surface area contributed by atoms with Crippen molar-refractivity contribution in [3.8, 4) is 5.75 Å². The molecule has 0 saturated heterocycles. The van der Waals surface area contributed by atoms with Gasteiger partial charge >= 0.3 is 0 Å². The first-order valence-electron chi connectivity index (χ1n) is 9.13. The van der Waals surface area contributed by atoms with Crippen LogP contribution in [0.15, 0.2) is 53.6 Å². The molecule has 0 saturated carbocycles. The number of rotatable bonds is 4. The number of thioether (sulfide) groups is 1. The van der Waals surface area contributed by atoms with Crippen LogP contribution in [0.25, 0.3) is 10.9 Å². The Morgan fingerprint density at radius 3 is 2.93 bits per heavy atom. The number of pyridine rings is 1. The number of fused-ring (bicyclic) bond motifs is 2. The van der Waals surface area contributed by atoms with Crippen LogP contribution >= 0.6 is 11.8 Å². The van der Waals surface area contributed by atoms with Gasteiger partial charge in [-0.15, -0.1) is 0 Å². The van der Waals surface area contributed by atoms with Crippen molar-refractivity contribution in [2.45, 2.75) is 24.8 Å². The molecule has 3 aromatic rings. The second-order valence-corrected chi connectivity index (χ2v) is 7.70.